The van der Waals surface area contributed by atoms with Crippen molar-refractivity contribution in [2.24, 2.45) is 10.8 Å². The number of carbonyl (C=O) groups excluding carboxylic acids is 1. The van der Waals surface area contributed by atoms with Crippen LogP contribution in [0.1, 0.15) is 89.4 Å². The molecule has 0 radical (unpaired) electrons. The van der Waals surface area contributed by atoms with Gasteiger partial charge in [-0.05, 0) is 61.5 Å². The van der Waals surface area contributed by atoms with E-state index in [9.17, 15) is 9.90 Å². The highest BCUT2D eigenvalue weighted by molar-refractivity contribution is 5.94. The Morgan fingerprint density at radius 3 is 2.04 bits per heavy atom. The molecule has 0 saturated heterocycles. The topological polar surface area (TPSA) is 49.3 Å². The van der Waals surface area contributed by atoms with Crippen LogP contribution < -0.4 is 5.32 Å². The van der Waals surface area contributed by atoms with Crippen molar-refractivity contribution in [2.75, 3.05) is 0 Å². The van der Waals surface area contributed by atoms with Gasteiger partial charge in [0.1, 0.15) is 0 Å². The van der Waals surface area contributed by atoms with E-state index in [1.54, 1.807) is 0 Å². The van der Waals surface area contributed by atoms with Crippen molar-refractivity contribution in [1.29, 1.82) is 0 Å². The molecule has 3 nitrogen and oxygen atoms in total. The van der Waals surface area contributed by atoms with Crippen molar-refractivity contribution >= 4 is 5.91 Å². The Kier molecular flexibility index (Phi) is 7.28. The van der Waals surface area contributed by atoms with Crippen LogP contribution in [0.15, 0.2) is 30.3 Å². The first-order chi connectivity index (χ1) is 12.2. The molecule has 0 aromatic heterocycles. The summed E-state index contributed by atoms with van der Waals surface area (Å²) in [7, 11) is 0. The first-order valence-corrected chi connectivity index (χ1v) is 10.2. The van der Waals surface area contributed by atoms with Crippen molar-refractivity contribution in [3.05, 3.63) is 35.9 Å². The van der Waals surface area contributed by atoms with Gasteiger partial charge in [-0.25, -0.2) is 0 Å². The Morgan fingerprint density at radius 2 is 1.46 bits per heavy atom. The van der Waals surface area contributed by atoms with Gasteiger partial charge in [0.2, 0.25) is 0 Å². The van der Waals surface area contributed by atoms with Gasteiger partial charge >= 0.3 is 0 Å². The summed E-state index contributed by atoms with van der Waals surface area (Å²) in [4.78, 5) is 12.5. The van der Waals surface area contributed by atoms with E-state index in [-0.39, 0.29) is 11.9 Å². The van der Waals surface area contributed by atoms with Crippen molar-refractivity contribution in [3.8, 4) is 0 Å². The molecule has 1 aromatic carbocycles. The molecule has 1 aliphatic rings. The van der Waals surface area contributed by atoms with Gasteiger partial charge in [0.15, 0.2) is 0 Å². The predicted molar refractivity (Wildman–Crippen MR) is 108 cm³/mol. The average Bonchev–Trinajstić information content (AvgIpc) is 2.59. The molecule has 26 heavy (non-hydrogen) atoms. The van der Waals surface area contributed by atoms with E-state index in [0.29, 0.717) is 16.4 Å². The van der Waals surface area contributed by atoms with E-state index < -0.39 is 6.10 Å². The summed E-state index contributed by atoms with van der Waals surface area (Å²) < 4.78 is 0. The summed E-state index contributed by atoms with van der Waals surface area (Å²) in [6, 6.07) is 9.13. The van der Waals surface area contributed by atoms with Crippen LogP contribution in [0.2, 0.25) is 0 Å². The lowest BCUT2D eigenvalue weighted by Gasteiger charge is -2.34. The number of carbonyl (C=O) groups is 1. The minimum Gasteiger partial charge on any atom is -0.391 e. The summed E-state index contributed by atoms with van der Waals surface area (Å²) >= 11 is 0. The van der Waals surface area contributed by atoms with Crippen LogP contribution >= 0.6 is 0 Å². The van der Waals surface area contributed by atoms with Gasteiger partial charge in [-0.2, -0.15) is 0 Å². The molecule has 0 bridgehead atoms. The molecular weight excluding hydrogens is 322 g/mol. The SMILES string of the molecule is CC1(C)CCC[C@H](O)[C@H](NC(=O)c2ccccc2)CCCC(C)(C)CC1. The highest BCUT2D eigenvalue weighted by Crippen LogP contribution is 2.38. The lowest BCUT2D eigenvalue weighted by Crippen LogP contribution is -2.43. The molecule has 1 aromatic rings. The quantitative estimate of drug-likeness (QED) is 0.749. The maximum Gasteiger partial charge on any atom is 0.251 e. The number of aliphatic hydroxyl groups excluding tert-OH is 1. The Labute approximate surface area is 159 Å². The zero-order valence-corrected chi connectivity index (χ0v) is 17.1. The number of amides is 1. The van der Waals surface area contributed by atoms with E-state index in [4.69, 9.17) is 0 Å². The zero-order valence-electron chi connectivity index (χ0n) is 17.1. The molecule has 2 N–H and O–H groups in total. The molecule has 3 heteroatoms. The van der Waals surface area contributed by atoms with E-state index in [1.165, 1.54) is 12.8 Å². The molecule has 2 atom stereocenters. The Balaban J connectivity index is 2.05. The van der Waals surface area contributed by atoms with Crippen LogP contribution in [0, 0.1) is 10.8 Å². The fraction of sp³-hybridized carbons (Fsp3) is 0.696. The minimum atomic E-state index is -0.471. The van der Waals surface area contributed by atoms with Crippen molar-refractivity contribution in [2.45, 2.75) is 91.2 Å². The number of benzene rings is 1. The number of rotatable bonds is 2. The monoisotopic (exact) mass is 359 g/mol. The fourth-order valence-corrected chi connectivity index (χ4v) is 3.92. The lowest BCUT2D eigenvalue weighted by molar-refractivity contribution is 0.0755. The second kappa shape index (κ2) is 9.03. The first kappa shape index (κ1) is 21.0. The van der Waals surface area contributed by atoms with Crippen LogP contribution in [-0.4, -0.2) is 23.2 Å². The highest BCUT2D eigenvalue weighted by Gasteiger charge is 2.28. The van der Waals surface area contributed by atoms with Crippen LogP contribution in [0.5, 0.6) is 0 Å². The summed E-state index contributed by atoms with van der Waals surface area (Å²) in [5.41, 5.74) is 1.29. The molecule has 0 unspecified atom stereocenters. The van der Waals surface area contributed by atoms with Gasteiger partial charge in [-0.3, -0.25) is 4.79 Å². The number of nitrogens with one attached hydrogen (secondary N) is 1. The molecule has 0 aliphatic heterocycles. The molecule has 1 fully saturated rings. The van der Waals surface area contributed by atoms with Crippen molar-refractivity contribution < 1.29 is 9.90 Å². The second-order valence-electron chi connectivity index (χ2n) is 9.63. The van der Waals surface area contributed by atoms with E-state index in [1.807, 2.05) is 30.3 Å². The Bertz CT molecular complexity index is 565. The fourth-order valence-electron chi connectivity index (χ4n) is 3.92. The van der Waals surface area contributed by atoms with Crippen LogP contribution in [0.25, 0.3) is 0 Å². The Morgan fingerprint density at radius 1 is 0.923 bits per heavy atom. The maximum absolute atomic E-state index is 12.5. The van der Waals surface area contributed by atoms with E-state index in [0.717, 1.165) is 38.5 Å². The molecule has 0 heterocycles. The minimum absolute atomic E-state index is 0.0821. The largest absolute Gasteiger partial charge is 0.391 e. The van der Waals surface area contributed by atoms with Crippen LogP contribution in [0.3, 0.4) is 0 Å². The van der Waals surface area contributed by atoms with Gasteiger partial charge in [-0.1, -0.05) is 58.7 Å². The maximum atomic E-state index is 12.5. The van der Waals surface area contributed by atoms with E-state index in [2.05, 4.69) is 33.0 Å². The zero-order chi connectivity index (χ0) is 19.2. The van der Waals surface area contributed by atoms with Gasteiger partial charge < -0.3 is 10.4 Å². The molecule has 146 valence electrons. The summed E-state index contributed by atoms with van der Waals surface area (Å²) in [6.07, 6.45) is 7.90. The second-order valence-corrected chi connectivity index (χ2v) is 9.63. The molecule has 0 spiro atoms. The molecule has 2 rings (SSSR count). The Hall–Kier alpha value is -1.35. The van der Waals surface area contributed by atoms with Crippen molar-refractivity contribution in [3.63, 3.8) is 0 Å². The average molecular weight is 360 g/mol. The van der Waals surface area contributed by atoms with Gasteiger partial charge in [-0.15, -0.1) is 0 Å². The highest BCUT2D eigenvalue weighted by atomic mass is 16.3. The van der Waals surface area contributed by atoms with Crippen LogP contribution in [0.4, 0.5) is 0 Å². The van der Waals surface area contributed by atoms with Gasteiger partial charge in [0.05, 0.1) is 12.1 Å². The third-order valence-corrected chi connectivity index (χ3v) is 6.02. The smallest absolute Gasteiger partial charge is 0.251 e. The van der Waals surface area contributed by atoms with Gasteiger partial charge in [0.25, 0.3) is 5.91 Å². The third kappa shape index (κ3) is 6.75. The number of hydrogen-bond donors (Lipinski definition) is 2. The number of aliphatic hydroxyl groups is 1. The predicted octanol–water partition coefficient (Wildman–Crippen LogP) is 5.33. The molecular formula is C23H37NO2. The lowest BCUT2D eigenvalue weighted by atomic mass is 9.73. The van der Waals surface area contributed by atoms with Crippen LogP contribution in [-0.2, 0) is 0 Å². The summed E-state index contributed by atoms with van der Waals surface area (Å²) in [5.74, 6) is -0.0821. The summed E-state index contributed by atoms with van der Waals surface area (Å²) in [6.45, 7) is 9.39. The molecule has 1 saturated carbocycles. The standard InChI is InChI=1S/C23H37NO2/c1-22(2)14-8-12-19(24-21(26)18-10-6-5-7-11-18)20(25)13-9-15-23(3,4)17-16-22/h5-7,10-11,19-20,25H,8-9,12-17H2,1-4H3,(H,24,26)/t19-,20+/m1/s1. The normalized spacial score (nSPS) is 27.0. The summed E-state index contributed by atoms with van der Waals surface area (Å²) in [5, 5.41) is 13.8. The van der Waals surface area contributed by atoms with Crippen molar-refractivity contribution in [1.82, 2.24) is 5.32 Å². The third-order valence-electron chi connectivity index (χ3n) is 6.02. The first-order valence-electron chi connectivity index (χ1n) is 10.2. The van der Waals surface area contributed by atoms with Gasteiger partial charge in [0, 0.05) is 5.56 Å². The van der Waals surface area contributed by atoms with E-state index >= 15 is 0 Å². The number of hydrogen-bond acceptors (Lipinski definition) is 2. The molecule has 1 amide bonds. The molecule has 1 aliphatic carbocycles.